The van der Waals surface area contributed by atoms with Crippen LogP contribution < -0.4 is 15.4 Å². The van der Waals surface area contributed by atoms with Crippen molar-refractivity contribution in [3.05, 3.63) is 115 Å². The maximum Gasteiger partial charge on any atom is 0.291 e. The number of hydrogen-bond donors (Lipinski definition) is 2. The van der Waals surface area contributed by atoms with Crippen molar-refractivity contribution in [2.24, 2.45) is 7.05 Å². The number of carbonyl (C=O) groups is 2. The number of ether oxygens (including phenoxy) is 1. The van der Waals surface area contributed by atoms with Gasteiger partial charge < -0.3 is 24.2 Å². The van der Waals surface area contributed by atoms with E-state index in [0.29, 0.717) is 50.9 Å². The average Bonchev–Trinajstić information content (AvgIpc) is 3.81. The van der Waals surface area contributed by atoms with Gasteiger partial charge in [0.1, 0.15) is 34.8 Å². The maximum atomic E-state index is 13.6. The van der Waals surface area contributed by atoms with E-state index in [-0.39, 0.29) is 17.5 Å². The Kier molecular flexibility index (Phi) is 7.50. The highest BCUT2D eigenvalue weighted by Gasteiger charge is 2.24. The quantitative estimate of drug-likeness (QED) is 0.175. The van der Waals surface area contributed by atoms with Gasteiger partial charge in [-0.2, -0.15) is 5.10 Å². The lowest BCUT2D eigenvalue weighted by Crippen LogP contribution is -2.10. The molecule has 0 atom stereocenters. The zero-order valence-electron chi connectivity index (χ0n) is 25.0. The van der Waals surface area contributed by atoms with Crippen LogP contribution in [0.25, 0.3) is 44.9 Å². The zero-order chi connectivity index (χ0) is 32.5. The SMILES string of the molecule is CC(=O)Nc1cccc(-c2c(-c3cnn(C)c3)oc3ncnc(Oc4ccc(NC(=O)c5ccc(-c6cccc(F)c6)o5)cc4)c23)c1. The van der Waals surface area contributed by atoms with E-state index in [4.69, 9.17) is 13.6 Å². The number of fused-ring (bicyclic) bond motifs is 1. The molecule has 7 rings (SSSR count). The molecule has 4 aromatic heterocycles. The molecule has 2 amide bonds. The van der Waals surface area contributed by atoms with Crippen molar-refractivity contribution in [1.29, 1.82) is 0 Å². The van der Waals surface area contributed by atoms with Gasteiger partial charge in [-0.15, -0.1) is 0 Å². The van der Waals surface area contributed by atoms with Crippen LogP contribution in [-0.2, 0) is 11.8 Å². The van der Waals surface area contributed by atoms with E-state index in [1.165, 1.54) is 31.5 Å². The molecule has 0 saturated heterocycles. The molecule has 232 valence electrons. The number of anilines is 2. The second-order valence-corrected chi connectivity index (χ2v) is 10.6. The predicted molar refractivity (Wildman–Crippen MR) is 172 cm³/mol. The molecule has 12 heteroatoms. The molecular weight excluding hydrogens is 603 g/mol. The van der Waals surface area contributed by atoms with E-state index in [1.807, 2.05) is 31.4 Å². The van der Waals surface area contributed by atoms with Gasteiger partial charge in [-0.25, -0.2) is 14.4 Å². The summed E-state index contributed by atoms with van der Waals surface area (Å²) >= 11 is 0. The summed E-state index contributed by atoms with van der Waals surface area (Å²) in [6.07, 6.45) is 4.86. The molecule has 0 radical (unpaired) electrons. The summed E-state index contributed by atoms with van der Waals surface area (Å²) in [6, 6.07) is 23.1. The number of benzene rings is 3. The molecule has 11 nitrogen and oxygen atoms in total. The number of nitrogens with one attached hydrogen (secondary N) is 2. The van der Waals surface area contributed by atoms with E-state index in [0.717, 1.165) is 11.1 Å². The summed E-state index contributed by atoms with van der Waals surface area (Å²) in [5.74, 6) is 0.582. The van der Waals surface area contributed by atoms with Crippen molar-refractivity contribution in [2.75, 3.05) is 10.6 Å². The van der Waals surface area contributed by atoms with Gasteiger partial charge in [-0.05, 0) is 66.2 Å². The lowest BCUT2D eigenvalue weighted by atomic mass is 10.0. The van der Waals surface area contributed by atoms with E-state index in [2.05, 4.69) is 25.7 Å². The van der Waals surface area contributed by atoms with Crippen molar-refractivity contribution in [2.45, 2.75) is 6.92 Å². The summed E-state index contributed by atoms with van der Waals surface area (Å²) in [4.78, 5) is 33.4. The fourth-order valence-electron chi connectivity index (χ4n) is 5.12. The van der Waals surface area contributed by atoms with Gasteiger partial charge >= 0.3 is 0 Å². The average molecular weight is 629 g/mol. The van der Waals surface area contributed by atoms with Gasteiger partial charge in [0.15, 0.2) is 5.76 Å². The van der Waals surface area contributed by atoms with Crippen LogP contribution in [0.1, 0.15) is 17.5 Å². The van der Waals surface area contributed by atoms with Crippen LogP contribution in [-0.4, -0.2) is 31.6 Å². The number of aromatic nitrogens is 4. The Balaban J connectivity index is 1.17. The number of carbonyl (C=O) groups excluding carboxylic acids is 2. The first-order chi connectivity index (χ1) is 22.8. The van der Waals surface area contributed by atoms with E-state index in [1.54, 1.807) is 59.4 Å². The normalized spacial score (nSPS) is 11.0. The Morgan fingerprint density at radius 1 is 0.851 bits per heavy atom. The van der Waals surface area contributed by atoms with Crippen LogP contribution in [0.5, 0.6) is 11.6 Å². The number of aryl methyl sites for hydroxylation is 1. The maximum absolute atomic E-state index is 13.6. The van der Waals surface area contributed by atoms with Crippen LogP contribution in [0.2, 0.25) is 0 Å². The van der Waals surface area contributed by atoms with Gasteiger partial charge in [0, 0.05) is 42.7 Å². The second-order valence-electron chi connectivity index (χ2n) is 10.6. The fourth-order valence-corrected chi connectivity index (χ4v) is 5.12. The molecule has 0 saturated carbocycles. The standard InChI is InChI=1S/C35H25FN6O5/c1-20(43)40-26-8-4-6-22(16-26)30-31-34(37-19-38-35(31)47-32(30)23-17-39-42(2)18-23)45-27-11-9-25(10-12-27)41-33(44)29-14-13-28(46-29)21-5-3-7-24(36)15-21/h3-19H,1-2H3,(H,40,43)(H,41,44). The van der Waals surface area contributed by atoms with Gasteiger partial charge in [0.2, 0.25) is 17.5 Å². The van der Waals surface area contributed by atoms with Crippen molar-refractivity contribution < 1.29 is 27.6 Å². The molecule has 7 aromatic rings. The summed E-state index contributed by atoms with van der Waals surface area (Å²) in [5.41, 5.74) is 4.05. The first-order valence-corrected chi connectivity index (χ1v) is 14.4. The summed E-state index contributed by atoms with van der Waals surface area (Å²) in [7, 11) is 1.81. The number of amides is 2. The lowest BCUT2D eigenvalue weighted by molar-refractivity contribution is -0.114. The van der Waals surface area contributed by atoms with Crippen LogP contribution >= 0.6 is 0 Å². The zero-order valence-corrected chi connectivity index (χ0v) is 25.0. The van der Waals surface area contributed by atoms with Gasteiger partial charge in [0.05, 0.1) is 11.8 Å². The topological polar surface area (TPSA) is 137 Å². The third kappa shape index (κ3) is 6.07. The molecule has 0 unspecified atom stereocenters. The van der Waals surface area contributed by atoms with Gasteiger partial charge in [0.25, 0.3) is 5.91 Å². The molecule has 0 fully saturated rings. The monoisotopic (exact) mass is 628 g/mol. The number of hydrogen-bond acceptors (Lipinski definition) is 8. The molecule has 47 heavy (non-hydrogen) atoms. The highest BCUT2D eigenvalue weighted by atomic mass is 19.1. The largest absolute Gasteiger partial charge is 0.451 e. The molecule has 0 aliphatic carbocycles. The van der Waals surface area contributed by atoms with Gasteiger partial charge in [-0.1, -0.05) is 24.3 Å². The van der Waals surface area contributed by atoms with Crippen LogP contribution in [0.3, 0.4) is 0 Å². The second kappa shape index (κ2) is 12.1. The van der Waals surface area contributed by atoms with E-state index in [9.17, 15) is 14.0 Å². The summed E-state index contributed by atoms with van der Waals surface area (Å²) in [5, 5.41) is 10.4. The smallest absolute Gasteiger partial charge is 0.291 e. The molecule has 3 aromatic carbocycles. The summed E-state index contributed by atoms with van der Waals surface area (Å²) < 4.78 is 33.4. The Morgan fingerprint density at radius 3 is 2.43 bits per heavy atom. The van der Waals surface area contributed by atoms with Crippen molar-refractivity contribution in [1.82, 2.24) is 19.7 Å². The molecule has 0 spiro atoms. The molecule has 0 aliphatic heterocycles. The number of furan rings is 2. The molecule has 4 heterocycles. The molecule has 2 N–H and O–H groups in total. The number of nitrogens with zero attached hydrogens (tertiary/aromatic N) is 4. The predicted octanol–water partition coefficient (Wildman–Crippen LogP) is 7.69. The summed E-state index contributed by atoms with van der Waals surface area (Å²) in [6.45, 7) is 1.44. The Bertz CT molecular complexity index is 2270. The number of rotatable bonds is 8. The van der Waals surface area contributed by atoms with Gasteiger partial charge in [-0.3, -0.25) is 14.3 Å². The highest BCUT2D eigenvalue weighted by molar-refractivity contribution is 6.04. The number of halogens is 1. The minimum absolute atomic E-state index is 0.0763. The minimum atomic E-state index is -0.466. The van der Waals surface area contributed by atoms with Crippen molar-refractivity contribution in [3.63, 3.8) is 0 Å². The lowest BCUT2D eigenvalue weighted by Gasteiger charge is -2.10. The van der Waals surface area contributed by atoms with E-state index < -0.39 is 11.7 Å². The van der Waals surface area contributed by atoms with E-state index >= 15 is 0 Å². The van der Waals surface area contributed by atoms with Crippen molar-refractivity contribution >= 4 is 34.3 Å². The fraction of sp³-hybridized carbons (Fsp3) is 0.0571. The molecule has 0 bridgehead atoms. The van der Waals surface area contributed by atoms with Crippen LogP contribution in [0.4, 0.5) is 15.8 Å². The first-order valence-electron chi connectivity index (χ1n) is 14.4. The van der Waals surface area contributed by atoms with Crippen LogP contribution in [0.15, 0.2) is 112 Å². The first kappa shape index (κ1) is 29.2. The minimum Gasteiger partial charge on any atom is -0.451 e. The highest BCUT2D eigenvalue weighted by Crippen LogP contribution is 2.44. The molecule has 0 aliphatic rings. The Labute approximate surface area is 266 Å². The Morgan fingerprint density at radius 2 is 1.66 bits per heavy atom. The molecular formula is C35H25FN6O5. The van der Waals surface area contributed by atoms with Crippen LogP contribution in [0, 0.1) is 5.82 Å². The third-order valence-electron chi connectivity index (χ3n) is 7.16. The Hall–Kier alpha value is -6.56. The third-order valence-corrected chi connectivity index (χ3v) is 7.16. The van der Waals surface area contributed by atoms with Crippen molar-refractivity contribution in [3.8, 4) is 45.4 Å².